The van der Waals surface area contributed by atoms with E-state index in [4.69, 9.17) is 9.90 Å². The number of amides is 1. The van der Waals surface area contributed by atoms with Gasteiger partial charge >= 0.3 is 6.09 Å². The second kappa shape index (κ2) is 12.4. The van der Waals surface area contributed by atoms with E-state index in [1.54, 1.807) is 0 Å². The van der Waals surface area contributed by atoms with Crippen LogP contribution in [0.3, 0.4) is 0 Å². The Labute approximate surface area is 131 Å². The van der Waals surface area contributed by atoms with Crippen LogP contribution in [0.15, 0.2) is 11.5 Å². The zero-order valence-corrected chi connectivity index (χ0v) is 16.0. The molecule has 1 rings (SSSR count). The molecule has 0 fully saturated rings. The SMILES string of the molecule is CCCCC1(CCCC)C=CSS1.NC(=O)O.[Zn]. The average Bonchev–Trinajstić information content (AvgIpc) is 2.72. The van der Waals surface area contributed by atoms with Crippen LogP contribution in [-0.4, -0.2) is 15.9 Å². The van der Waals surface area contributed by atoms with Gasteiger partial charge in [0.2, 0.25) is 0 Å². The molecule has 0 aliphatic carbocycles. The Bertz CT molecular complexity index is 238. The number of carboxylic acid groups (broad SMARTS) is 1. The quantitative estimate of drug-likeness (QED) is 0.545. The van der Waals surface area contributed by atoms with Crippen LogP contribution in [0, 0.1) is 0 Å². The summed E-state index contributed by atoms with van der Waals surface area (Å²) in [6, 6.07) is 0. The third kappa shape index (κ3) is 10.3. The number of hydrogen-bond acceptors (Lipinski definition) is 3. The second-order valence-corrected chi connectivity index (χ2v) is 6.61. The van der Waals surface area contributed by atoms with E-state index in [2.05, 4.69) is 41.9 Å². The van der Waals surface area contributed by atoms with Gasteiger partial charge < -0.3 is 10.8 Å². The van der Waals surface area contributed by atoms with Gasteiger partial charge in [0.05, 0.1) is 0 Å². The van der Waals surface area contributed by atoms with Gasteiger partial charge in [-0.2, -0.15) is 0 Å². The van der Waals surface area contributed by atoms with Crippen LogP contribution in [0.2, 0.25) is 0 Å². The van der Waals surface area contributed by atoms with Gasteiger partial charge in [-0.15, -0.1) is 0 Å². The first-order valence-corrected chi connectivity index (χ1v) is 8.28. The summed E-state index contributed by atoms with van der Waals surface area (Å²) >= 11 is 0. The van der Waals surface area contributed by atoms with Crippen LogP contribution >= 0.6 is 21.6 Å². The molecule has 6 heteroatoms. The number of primary amides is 1. The molecular formula is C12H23NO2S2Zn. The molecule has 3 N–H and O–H groups in total. The van der Waals surface area contributed by atoms with Crippen molar-refractivity contribution in [1.29, 1.82) is 0 Å². The van der Waals surface area contributed by atoms with E-state index in [-0.39, 0.29) is 19.5 Å². The Morgan fingerprint density at radius 3 is 2.00 bits per heavy atom. The van der Waals surface area contributed by atoms with Gasteiger partial charge in [-0.05, 0) is 18.2 Å². The molecule has 0 bridgehead atoms. The van der Waals surface area contributed by atoms with E-state index in [0.717, 1.165) is 0 Å². The summed E-state index contributed by atoms with van der Waals surface area (Å²) < 4.78 is 0.497. The van der Waals surface area contributed by atoms with Gasteiger partial charge in [0.15, 0.2) is 0 Å². The van der Waals surface area contributed by atoms with Crippen molar-refractivity contribution in [3.05, 3.63) is 11.5 Å². The number of unbranched alkanes of at least 4 members (excludes halogenated alkanes) is 2. The molecule has 0 atom stereocenters. The Balaban J connectivity index is 0. The van der Waals surface area contributed by atoms with Crippen molar-refractivity contribution < 1.29 is 29.4 Å². The number of nitrogens with two attached hydrogens (primary N) is 1. The first kappa shape index (κ1) is 20.6. The van der Waals surface area contributed by atoms with Crippen molar-refractivity contribution in [1.82, 2.24) is 0 Å². The van der Waals surface area contributed by atoms with Gasteiger partial charge in [0.25, 0.3) is 0 Å². The van der Waals surface area contributed by atoms with E-state index in [9.17, 15) is 0 Å². The van der Waals surface area contributed by atoms with Gasteiger partial charge in [0, 0.05) is 24.2 Å². The monoisotopic (exact) mass is 341 g/mol. The van der Waals surface area contributed by atoms with E-state index < -0.39 is 6.09 Å². The molecule has 1 aliphatic rings. The van der Waals surface area contributed by atoms with Crippen molar-refractivity contribution in [3.8, 4) is 0 Å². The van der Waals surface area contributed by atoms with E-state index in [0.29, 0.717) is 4.75 Å². The zero-order chi connectivity index (χ0) is 13.1. The molecule has 3 nitrogen and oxygen atoms in total. The molecule has 1 heterocycles. The van der Waals surface area contributed by atoms with Crippen molar-refractivity contribution in [2.45, 2.75) is 57.1 Å². The molecule has 0 radical (unpaired) electrons. The fraction of sp³-hybridized carbons (Fsp3) is 0.750. The maximum Gasteiger partial charge on any atom is 0.402 e. The first-order chi connectivity index (χ1) is 8.06. The average molecular weight is 343 g/mol. The summed E-state index contributed by atoms with van der Waals surface area (Å²) in [5.41, 5.74) is 4.03. The topological polar surface area (TPSA) is 63.3 Å². The smallest absolute Gasteiger partial charge is 0.402 e. The Morgan fingerprint density at radius 1 is 1.28 bits per heavy atom. The fourth-order valence-electron chi connectivity index (χ4n) is 1.63. The summed E-state index contributed by atoms with van der Waals surface area (Å²) in [6.45, 7) is 4.56. The normalized spacial score (nSPS) is 15.4. The van der Waals surface area contributed by atoms with Crippen LogP contribution in [0.1, 0.15) is 52.4 Å². The first-order valence-electron chi connectivity index (χ1n) is 6.07. The minimum absolute atomic E-state index is 0. The zero-order valence-electron chi connectivity index (χ0n) is 11.4. The van der Waals surface area contributed by atoms with Crippen LogP contribution in [0.25, 0.3) is 0 Å². The van der Waals surface area contributed by atoms with Crippen LogP contribution < -0.4 is 5.73 Å². The summed E-state index contributed by atoms with van der Waals surface area (Å²) in [6.07, 6.45) is 9.26. The van der Waals surface area contributed by atoms with Crippen molar-refractivity contribution in [3.63, 3.8) is 0 Å². The number of carbonyl (C=O) groups is 1. The molecule has 0 aromatic rings. The van der Waals surface area contributed by atoms with Gasteiger partial charge in [-0.3, -0.25) is 0 Å². The Morgan fingerprint density at radius 2 is 1.72 bits per heavy atom. The van der Waals surface area contributed by atoms with Crippen molar-refractivity contribution in [2.24, 2.45) is 5.73 Å². The number of rotatable bonds is 6. The molecule has 0 spiro atoms. The van der Waals surface area contributed by atoms with Crippen LogP contribution in [0.5, 0.6) is 0 Å². The van der Waals surface area contributed by atoms with E-state index in [1.807, 2.05) is 10.8 Å². The molecule has 18 heavy (non-hydrogen) atoms. The second-order valence-electron chi connectivity index (χ2n) is 4.09. The molecule has 0 aromatic carbocycles. The van der Waals surface area contributed by atoms with Gasteiger partial charge in [-0.25, -0.2) is 4.79 Å². The number of hydrogen-bond donors (Lipinski definition) is 2. The molecule has 0 aromatic heterocycles. The predicted octanol–water partition coefficient (Wildman–Crippen LogP) is 4.63. The van der Waals surface area contributed by atoms with Crippen LogP contribution in [-0.2, 0) is 19.5 Å². The fourth-order valence-corrected chi connectivity index (χ4v) is 4.43. The molecule has 0 saturated carbocycles. The van der Waals surface area contributed by atoms with Gasteiger partial charge in [0.1, 0.15) is 0 Å². The molecule has 102 valence electrons. The van der Waals surface area contributed by atoms with Crippen LogP contribution in [0.4, 0.5) is 4.79 Å². The largest absolute Gasteiger partial charge is 0.465 e. The predicted molar refractivity (Wildman–Crippen MR) is 78.3 cm³/mol. The third-order valence-corrected chi connectivity index (χ3v) is 5.39. The molecule has 0 saturated heterocycles. The molecule has 0 unspecified atom stereocenters. The standard InChI is InChI=1S/C11H20S2.CH3NO2.Zn/c1-3-5-7-11(8-6-4-2)9-10-12-13-11;2-1(3)4;/h9-10H,3-8H2,1-2H3;2H2,(H,3,4);. The maximum atomic E-state index is 8.78. The van der Waals surface area contributed by atoms with Crippen molar-refractivity contribution in [2.75, 3.05) is 0 Å². The van der Waals surface area contributed by atoms with Crippen molar-refractivity contribution >= 4 is 27.7 Å². The maximum absolute atomic E-state index is 8.78. The summed E-state index contributed by atoms with van der Waals surface area (Å²) in [5.74, 6) is 0. The van der Waals surface area contributed by atoms with Gasteiger partial charge in [-0.1, -0.05) is 67.2 Å². The molecule has 1 aliphatic heterocycles. The third-order valence-electron chi connectivity index (χ3n) is 2.55. The Hall–Kier alpha value is 0.333. The van der Waals surface area contributed by atoms with E-state index >= 15 is 0 Å². The minimum atomic E-state index is -1.33. The summed E-state index contributed by atoms with van der Waals surface area (Å²) in [5, 5.41) is 9.47. The minimum Gasteiger partial charge on any atom is -0.465 e. The molecular weight excluding hydrogens is 320 g/mol. The Kier molecular flexibility index (Phi) is 14.2. The summed E-state index contributed by atoms with van der Waals surface area (Å²) in [7, 11) is 3.99. The van der Waals surface area contributed by atoms with E-state index in [1.165, 1.54) is 38.5 Å². The molecule has 1 amide bonds. The summed E-state index contributed by atoms with van der Waals surface area (Å²) in [4.78, 5) is 8.78.